The second-order valence-corrected chi connectivity index (χ2v) is 11.2. The van der Waals surface area contributed by atoms with Crippen LogP contribution in [0.4, 0.5) is 4.79 Å². The average molecular weight is 543 g/mol. The first-order valence-electron chi connectivity index (χ1n) is 12.5. The van der Waals surface area contributed by atoms with E-state index in [2.05, 4.69) is 22.1 Å². The summed E-state index contributed by atoms with van der Waals surface area (Å²) in [5.41, 5.74) is 2.75. The number of benzene rings is 1. The van der Waals surface area contributed by atoms with Gasteiger partial charge in [0.25, 0.3) is 5.56 Å². The predicted molar refractivity (Wildman–Crippen MR) is 142 cm³/mol. The minimum Gasteiger partial charge on any atom is -0.450 e. The van der Waals surface area contributed by atoms with Crippen LogP contribution < -0.4 is 5.56 Å². The maximum atomic E-state index is 13.2. The van der Waals surface area contributed by atoms with Crippen molar-refractivity contribution in [2.24, 2.45) is 0 Å². The van der Waals surface area contributed by atoms with Gasteiger partial charge in [-0.2, -0.15) is 4.52 Å². The molecule has 1 saturated heterocycles. The third-order valence-corrected chi connectivity index (χ3v) is 8.68. The SMILES string of the molecule is CCOC(=O)N1CCN(C(=O)CSc2nn3c(=O)c4c(nc3s2)CCN(CCc2ccccc2)C4)CC1. The Bertz CT molecular complexity index is 1320. The lowest BCUT2D eigenvalue weighted by molar-refractivity contribution is -0.129. The largest absolute Gasteiger partial charge is 0.450 e. The zero-order chi connectivity index (χ0) is 25.8. The lowest BCUT2D eigenvalue weighted by atomic mass is 10.1. The van der Waals surface area contributed by atoms with E-state index in [9.17, 15) is 14.4 Å². The Morgan fingerprint density at radius 3 is 2.59 bits per heavy atom. The van der Waals surface area contributed by atoms with E-state index in [-0.39, 0.29) is 23.3 Å². The topological polar surface area (TPSA) is 100 Å². The number of thioether (sulfide) groups is 1. The second-order valence-electron chi connectivity index (χ2n) is 9.02. The maximum Gasteiger partial charge on any atom is 0.409 e. The van der Waals surface area contributed by atoms with Crippen molar-refractivity contribution in [1.29, 1.82) is 0 Å². The molecule has 10 nitrogen and oxygen atoms in total. The number of nitrogens with zero attached hydrogens (tertiary/aromatic N) is 6. The summed E-state index contributed by atoms with van der Waals surface area (Å²) in [5.74, 6) is 0.211. The van der Waals surface area contributed by atoms with Gasteiger partial charge in [-0.1, -0.05) is 53.4 Å². The molecular formula is C25H30N6O4S2. The number of ether oxygens (including phenoxy) is 1. The summed E-state index contributed by atoms with van der Waals surface area (Å²) in [4.78, 5) is 48.8. The summed E-state index contributed by atoms with van der Waals surface area (Å²) >= 11 is 2.66. The van der Waals surface area contributed by atoms with Gasteiger partial charge in [0.2, 0.25) is 10.9 Å². The second kappa shape index (κ2) is 11.6. The number of aromatic nitrogens is 3. The first kappa shape index (κ1) is 25.7. The molecular weight excluding hydrogens is 512 g/mol. The summed E-state index contributed by atoms with van der Waals surface area (Å²) in [5, 5.41) is 4.48. The van der Waals surface area contributed by atoms with Gasteiger partial charge in [-0.15, -0.1) is 5.10 Å². The fourth-order valence-corrected chi connectivity index (χ4v) is 6.43. The Morgan fingerprint density at radius 2 is 1.84 bits per heavy atom. The molecule has 5 rings (SSSR count). The molecule has 0 bridgehead atoms. The molecule has 2 aliphatic rings. The van der Waals surface area contributed by atoms with E-state index in [4.69, 9.17) is 9.72 Å². The highest BCUT2D eigenvalue weighted by Gasteiger charge is 2.26. The summed E-state index contributed by atoms with van der Waals surface area (Å²) in [6.45, 7) is 6.34. The first-order valence-corrected chi connectivity index (χ1v) is 14.3. The molecule has 0 unspecified atom stereocenters. The normalized spacial score (nSPS) is 16.1. The molecule has 0 aliphatic carbocycles. The highest BCUT2D eigenvalue weighted by Crippen LogP contribution is 2.25. The van der Waals surface area contributed by atoms with Gasteiger partial charge in [0.05, 0.1) is 23.6 Å². The van der Waals surface area contributed by atoms with Gasteiger partial charge in [-0.05, 0) is 18.9 Å². The van der Waals surface area contributed by atoms with Gasteiger partial charge in [0.1, 0.15) is 0 Å². The Morgan fingerprint density at radius 1 is 1.08 bits per heavy atom. The Balaban J connectivity index is 1.18. The van der Waals surface area contributed by atoms with Crippen molar-refractivity contribution in [3.05, 3.63) is 57.5 Å². The maximum absolute atomic E-state index is 13.2. The molecule has 4 heterocycles. The standard InChI is InChI=1S/C25H30N6O4S2/c1-2-35-25(34)30-14-12-29(13-15-30)21(32)17-36-24-27-31-22(33)19-16-28(10-8-18-6-4-3-5-7-18)11-9-20(19)26-23(31)37-24/h3-7H,2,8-17H2,1H3. The molecule has 2 amide bonds. The molecule has 2 aliphatic heterocycles. The number of fused-ring (bicyclic) bond motifs is 2. The molecule has 3 aromatic rings. The molecule has 0 radical (unpaired) electrons. The van der Waals surface area contributed by atoms with E-state index in [0.717, 1.165) is 31.6 Å². The predicted octanol–water partition coefficient (Wildman–Crippen LogP) is 2.14. The highest BCUT2D eigenvalue weighted by molar-refractivity contribution is 8.01. The number of carbonyl (C=O) groups is 2. The first-order chi connectivity index (χ1) is 18.0. The van der Waals surface area contributed by atoms with Gasteiger partial charge in [-0.3, -0.25) is 14.5 Å². The molecule has 0 spiro atoms. The Labute approximate surface area is 223 Å². The zero-order valence-electron chi connectivity index (χ0n) is 20.8. The van der Waals surface area contributed by atoms with E-state index >= 15 is 0 Å². The molecule has 196 valence electrons. The van der Waals surface area contributed by atoms with E-state index in [0.29, 0.717) is 54.2 Å². The summed E-state index contributed by atoms with van der Waals surface area (Å²) < 4.78 is 7.06. The van der Waals surface area contributed by atoms with Crippen molar-refractivity contribution in [1.82, 2.24) is 29.3 Å². The van der Waals surface area contributed by atoms with E-state index in [1.807, 2.05) is 18.2 Å². The smallest absolute Gasteiger partial charge is 0.409 e. The number of piperazine rings is 1. The molecule has 0 N–H and O–H groups in total. The monoisotopic (exact) mass is 542 g/mol. The molecule has 1 aromatic carbocycles. The van der Waals surface area contributed by atoms with Crippen LogP contribution in [0.15, 0.2) is 39.5 Å². The fraction of sp³-hybridized carbons (Fsp3) is 0.480. The third kappa shape index (κ3) is 5.97. The van der Waals surface area contributed by atoms with Crippen molar-refractivity contribution >= 4 is 40.1 Å². The quantitative estimate of drug-likeness (QED) is 0.419. The van der Waals surface area contributed by atoms with E-state index < -0.39 is 0 Å². The number of hydrogen-bond donors (Lipinski definition) is 0. The molecule has 0 saturated carbocycles. The molecule has 12 heteroatoms. The van der Waals surface area contributed by atoms with Crippen molar-refractivity contribution in [2.75, 3.05) is 51.6 Å². The van der Waals surface area contributed by atoms with Crippen LogP contribution >= 0.6 is 23.1 Å². The average Bonchev–Trinajstić information content (AvgIpc) is 3.35. The molecule has 0 atom stereocenters. The van der Waals surface area contributed by atoms with Crippen molar-refractivity contribution in [3.8, 4) is 0 Å². The van der Waals surface area contributed by atoms with Crippen LogP contribution in [0.1, 0.15) is 23.7 Å². The van der Waals surface area contributed by atoms with E-state index in [1.54, 1.807) is 16.7 Å². The Hall–Kier alpha value is -2.96. The van der Waals surface area contributed by atoms with Crippen LogP contribution in [0.5, 0.6) is 0 Å². The number of hydrogen-bond acceptors (Lipinski definition) is 9. The van der Waals surface area contributed by atoms with Gasteiger partial charge < -0.3 is 14.5 Å². The van der Waals surface area contributed by atoms with Crippen LogP contribution in [0.2, 0.25) is 0 Å². The molecule has 1 fully saturated rings. The number of carbonyl (C=O) groups excluding carboxylic acids is 2. The lowest BCUT2D eigenvalue weighted by Gasteiger charge is -2.33. The van der Waals surface area contributed by atoms with Gasteiger partial charge >= 0.3 is 6.09 Å². The highest BCUT2D eigenvalue weighted by atomic mass is 32.2. The Kier molecular flexibility index (Phi) is 8.06. The van der Waals surface area contributed by atoms with Crippen molar-refractivity contribution in [3.63, 3.8) is 0 Å². The summed E-state index contributed by atoms with van der Waals surface area (Å²) in [6.07, 6.45) is 1.35. The fourth-order valence-electron chi connectivity index (χ4n) is 4.58. The van der Waals surface area contributed by atoms with Gasteiger partial charge in [-0.25, -0.2) is 9.78 Å². The number of amides is 2. The number of rotatable bonds is 7. The van der Waals surface area contributed by atoms with Crippen LogP contribution in [0.3, 0.4) is 0 Å². The minimum absolute atomic E-state index is 0.0126. The third-order valence-electron chi connectivity index (χ3n) is 6.65. The summed E-state index contributed by atoms with van der Waals surface area (Å²) in [6, 6.07) is 10.4. The molecule has 2 aromatic heterocycles. The van der Waals surface area contributed by atoms with Crippen LogP contribution in [0.25, 0.3) is 4.96 Å². The van der Waals surface area contributed by atoms with Crippen LogP contribution in [0, 0.1) is 0 Å². The lowest BCUT2D eigenvalue weighted by Crippen LogP contribution is -2.51. The van der Waals surface area contributed by atoms with Gasteiger partial charge in [0.15, 0.2) is 4.34 Å². The van der Waals surface area contributed by atoms with Crippen molar-refractivity contribution in [2.45, 2.75) is 30.6 Å². The van der Waals surface area contributed by atoms with Gasteiger partial charge in [0, 0.05) is 52.2 Å². The van der Waals surface area contributed by atoms with Crippen molar-refractivity contribution < 1.29 is 14.3 Å². The zero-order valence-corrected chi connectivity index (χ0v) is 22.4. The van der Waals surface area contributed by atoms with Crippen LogP contribution in [-0.4, -0.2) is 92.9 Å². The molecule has 37 heavy (non-hydrogen) atoms. The minimum atomic E-state index is -0.335. The van der Waals surface area contributed by atoms with Crippen LogP contribution in [-0.2, 0) is 28.9 Å². The van der Waals surface area contributed by atoms with E-state index in [1.165, 1.54) is 33.2 Å². The summed E-state index contributed by atoms with van der Waals surface area (Å²) in [7, 11) is 0.